The number of nitrogens with two attached hydrogens (primary N) is 2. The predicted molar refractivity (Wildman–Crippen MR) is 60.5 cm³/mol. The monoisotopic (exact) mass is 256 g/mol. The smallest absolute Gasteiger partial charge is 0.146 e. The Kier molecular flexibility index (Phi) is 2.86. The van der Waals surface area contributed by atoms with E-state index >= 15 is 0 Å². The lowest BCUT2D eigenvalue weighted by Gasteiger charge is -2.08. The number of rotatable bonds is 1. The average Bonchev–Trinajstić information content (AvgIpc) is 2.29. The van der Waals surface area contributed by atoms with Crippen LogP contribution in [0.25, 0.3) is 11.1 Å². The van der Waals surface area contributed by atoms with Crippen LogP contribution < -0.4 is 11.5 Å². The molecule has 0 saturated heterocycles. The lowest BCUT2D eigenvalue weighted by Crippen LogP contribution is -1.98. The SMILES string of the molecule is Nc1cc(F)c(-c2cc(F)c(N)cc2F)cc1F. The van der Waals surface area contributed by atoms with E-state index in [0.29, 0.717) is 24.3 Å². The molecule has 0 unspecified atom stereocenters. The fourth-order valence-corrected chi connectivity index (χ4v) is 1.54. The predicted octanol–water partition coefficient (Wildman–Crippen LogP) is 3.07. The molecule has 2 aromatic carbocycles. The molecule has 0 aliphatic rings. The summed E-state index contributed by atoms with van der Waals surface area (Å²) in [7, 11) is 0. The van der Waals surface area contributed by atoms with Gasteiger partial charge < -0.3 is 11.5 Å². The molecule has 0 heterocycles. The maximum Gasteiger partial charge on any atom is 0.146 e. The summed E-state index contributed by atoms with van der Waals surface area (Å²) in [5.74, 6) is -3.72. The largest absolute Gasteiger partial charge is 0.396 e. The molecule has 2 rings (SSSR count). The Morgan fingerprint density at radius 2 is 0.889 bits per heavy atom. The van der Waals surface area contributed by atoms with Gasteiger partial charge in [0.2, 0.25) is 0 Å². The van der Waals surface area contributed by atoms with Crippen LogP contribution in [0.15, 0.2) is 24.3 Å². The van der Waals surface area contributed by atoms with E-state index in [1.54, 1.807) is 0 Å². The van der Waals surface area contributed by atoms with Gasteiger partial charge in [-0.2, -0.15) is 0 Å². The maximum absolute atomic E-state index is 13.6. The van der Waals surface area contributed by atoms with Crippen molar-refractivity contribution in [2.75, 3.05) is 11.5 Å². The molecule has 6 heteroatoms. The van der Waals surface area contributed by atoms with Crippen LogP contribution in [0.5, 0.6) is 0 Å². The summed E-state index contributed by atoms with van der Waals surface area (Å²) in [5.41, 5.74) is 8.66. The minimum Gasteiger partial charge on any atom is -0.396 e. The fourth-order valence-electron chi connectivity index (χ4n) is 1.54. The first-order chi connectivity index (χ1) is 8.40. The van der Waals surface area contributed by atoms with Crippen LogP contribution in [-0.2, 0) is 0 Å². The second-order valence-electron chi connectivity index (χ2n) is 3.71. The third-order valence-corrected chi connectivity index (χ3v) is 2.46. The molecule has 0 radical (unpaired) electrons. The standard InChI is InChI=1S/C12H8F4N2/c13-7-3-11(17)9(15)1-5(7)6-2-10(16)12(18)4-8(6)14/h1-4H,17-18H2. The molecule has 2 aromatic rings. The number of nitrogen functional groups attached to an aromatic ring is 2. The summed E-state index contributed by atoms with van der Waals surface area (Å²) in [6.45, 7) is 0. The van der Waals surface area contributed by atoms with Gasteiger partial charge >= 0.3 is 0 Å². The lowest BCUT2D eigenvalue weighted by atomic mass is 10.0. The molecular weight excluding hydrogens is 248 g/mol. The van der Waals surface area contributed by atoms with Gasteiger partial charge in [0.25, 0.3) is 0 Å². The van der Waals surface area contributed by atoms with Crippen molar-refractivity contribution in [3.05, 3.63) is 47.5 Å². The molecule has 0 aliphatic carbocycles. The van der Waals surface area contributed by atoms with E-state index in [2.05, 4.69) is 0 Å². The Bertz CT molecular complexity index is 570. The fraction of sp³-hybridized carbons (Fsp3) is 0. The molecule has 0 spiro atoms. The zero-order valence-corrected chi connectivity index (χ0v) is 8.98. The van der Waals surface area contributed by atoms with Crippen LogP contribution in [0.2, 0.25) is 0 Å². The van der Waals surface area contributed by atoms with Crippen LogP contribution in [0.1, 0.15) is 0 Å². The number of halogens is 4. The summed E-state index contributed by atoms with van der Waals surface area (Å²) in [4.78, 5) is 0. The van der Waals surface area contributed by atoms with E-state index in [9.17, 15) is 17.6 Å². The molecule has 0 aliphatic heterocycles. The van der Waals surface area contributed by atoms with Crippen LogP contribution in [-0.4, -0.2) is 0 Å². The molecule has 0 amide bonds. The normalized spacial score (nSPS) is 10.7. The first-order valence-corrected chi connectivity index (χ1v) is 4.89. The van der Waals surface area contributed by atoms with E-state index < -0.39 is 45.8 Å². The summed E-state index contributed by atoms with van der Waals surface area (Å²) < 4.78 is 53.6. The van der Waals surface area contributed by atoms with E-state index in [-0.39, 0.29) is 0 Å². The van der Waals surface area contributed by atoms with Crippen molar-refractivity contribution in [2.24, 2.45) is 0 Å². The maximum atomic E-state index is 13.6. The van der Waals surface area contributed by atoms with Crippen molar-refractivity contribution in [3.63, 3.8) is 0 Å². The van der Waals surface area contributed by atoms with Crippen molar-refractivity contribution in [1.82, 2.24) is 0 Å². The Balaban J connectivity index is 2.69. The molecule has 94 valence electrons. The summed E-state index contributed by atoms with van der Waals surface area (Å²) in [5, 5.41) is 0. The summed E-state index contributed by atoms with van der Waals surface area (Å²) in [6, 6.07) is 2.83. The highest BCUT2D eigenvalue weighted by Crippen LogP contribution is 2.30. The van der Waals surface area contributed by atoms with Gasteiger partial charge in [-0.15, -0.1) is 0 Å². The number of hydrogen-bond donors (Lipinski definition) is 2. The molecule has 0 atom stereocenters. The van der Waals surface area contributed by atoms with Gasteiger partial charge in [-0.1, -0.05) is 0 Å². The van der Waals surface area contributed by atoms with E-state index in [0.717, 1.165) is 0 Å². The summed E-state index contributed by atoms with van der Waals surface area (Å²) in [6.07, 6.45) is 0. The van der Waals surface area contributed by atoms with Gasteiger partial charge in [0.1, 0.15) is 23.3 Å². The minimum absolute atomic E-state index is 0.410. The highest BCUT2D eigenvalue weighted by molar-refractivity contribution is 5.69. The highest BCUT2D eigenvalue weighted by atomic mass is 19.1. The second kappa shape index (κ2) is 4.21. The van der Waals surface area contributed by atoms with Gasteiger partial charge in [-0.05, 0) is 12.1 Å². The van der Waals surface area contributed by atoms with Gasteiger partial charge in [0.15, 0.2) is 0 Å². The average molecular weight is 256 g/mol. The molecule has 18 heavy (non-hydrogen) atoms. The van der Waals surface area contributed by atoms with Crippen LogP contribution >= 0.6 is 0 Å². The Hall–Kier alpha value is -2.24. The van der Waals surface area contributed by atoms with Crippen LogP contribution in [0, 0.1) is 23.3 Å². The highest BCUT2D eigenvalue weighted by Gasteiger charge is 2.15. The molecular formula is C12H8F4N2. The van der Waals surface area contributed by atoms with Crippen molar-refractivity contribution < 1.29 is 17.6 Å². The van der Waals surface area contributed by atoms with Gasteiger partial charge in [0.05, 0.1) is 11.4 Å². The number of anilines is 2. The zero-order valence-electron chi connectivity index (χ0n) is 8.98. The third kappa shape index (κ3) is 1.97. The molecule has 4 N–H and O–H groups in total. The Morgan fingerprint density at radius 1 is 0.556 bits per heavy atom. The Labute approximate surface area is 99.8 Å². The summed E-state index contributed by atoms with van der Waals surface area (Å²) >= 11 is 0. The zero-order chi connectivity index (χ0) is 13.4. The topological polar surface area (TPSA) is 52.0 Å². The van der Waals surface area contributed by atoms with Gasteiger partial charge in [0, 0.05) is 23.3 Å². The van der Waals surface area contributed by atoms with Crippen molar-refractivity contribution in [3.8, 4) is 11.1 Å². The first kappa shape index (κ1) is 12.2. The van der Waals surface area contributed by atoms with E-state index in [1.165, 1.54) is 0 Å². The van der Waals surface area contributed by atoms with Gasteiger partial charge in [-0.25, -0.2) is 17.6 Å². The van der Waals surface area contributed by atoms with Crippen LogP contribution in [0.4, 0.5) is 28.9 Å². The van der Waals surface area contributed by atoms with E-state index in [4.69, 9.17) is 11.5 Å². The minimum atomic E-state index is -0.947. The quantitative estimate of drug-likeness (QED) is 0.608. The molecule has 0 saturated carbocycles. The molecule has 0 bridgehead atoms. The molecule has 2 nitrogen and oxygen atoms in total. The lowest BCUT2D eigenvalue weighted by molar-refractivity contribution is 0.594. The molecule has 0 fully saturated rings. The number of benzene rings is 2. The second-order valence-corrected chi connectivity index (χ2v) is 3.71. The third-order valence-electron chi connectivity index (χ3n) is 2.46. The van der Waals surface area contributed by atoms with Crippen LogP contribution in [0.3, 0.4) is 0 Å². The first-order valence-electron chi connectivity index (χ1n) is 4.89. The van der Waals surface area contributed by atoms with Crippen molar-refractivity contribution in [1.29, 1.82) is 0 Å². The Morgan fingerprint density at radius 3 is 1.22 bits per heavy atom. The van der Waals surface area contributed by atoms with E-state index in [1.807, 2.05) is 0 Å². The molecule has 0 aromatic heterocycles. The number of hydrogen-bond acceptors (Lipinski definition) is 2. The van der Waals surface area contributed by atoms with Crippen molar-refractivity contribution >= 4 is 11.4 Å². The van der Waals surface area contributed by atoms with Gasteiger partial charge in [-0.3, -0.25) is 0 Å². The van der Waals surface area contributed by atoms with Crippen molar-refractivity contribution in [2.45, 2.75) is 0 Å².